The number of carbonyl (C=O) groups is 1. The Morgan fingerprint density at radius 2 is 2.42 bits per heavy atom. The van der Waals surface area contributed by atoms with E-state index in [2.05, 4.69) is 20.9 Å². The lowest BCUT2D eigenvalue weighted by atomic mass is 10.1. The minimum atomic E-state index is 0.00815. The van der Waals surface area contributed by atoms with Crippen molar-refractivity contribution in [3.63, 3.8) is 0 Å². The number of aromatic nitrogens is 1. The Hall–Kier alpha value is -0.410. The SMILES string of the molecule is CCC(=O)c1cc(Br)cnc1Cl. The van der Waals surface area contributed by atoms with Gasteiger partial charge in [-0.1, -0.05) is 18.5 Å². The summed E-state index contributed by atoms with van der Waals surface area (Å²) in [6.45, 7) is 1.79. The van der Waals surface area contributed by atoms with E-state index in [9.17, 15) is 4.79 Å². The number of halogens is 2. The van der Waals surface area contributed by atoms with Crippen LogP contribution in [0.3, 0.4) is 0 Å². The molecular formula is C8H7BrClNO. The summed E-state index contributed by atoms with van der Waals surface area (Å²) in [7, 11) is 0. The van der Waals surface area contributed by atoms with Crippen molar-refractivity contribution in [3.8, 4) is 0 Å². The van der Waals surface area contributed by atoms with E-state index in [0.717, 1.165) is 4.47 Å². The Morgan fingerprint density at radius 1 is 1.75 bits per heavy atom. The van der Waals surface area contributed by atoms with Crippen molar-refractivity contribution in [3.05, 3.63) is 27.5 Å². The Balaban J connectivity index is 3.13. The largest absolute Gasteiger partial charge is 0.294 e. The van der Waals surface area contributed by atoms with Crippen molar-refractivity contribution in [1.82, 2.24) is 4.98 Å². The van der Waals surface area contributed by atoms with Gasteiger partial charge >= 0.3 is 0 Å². The first-order valence-electron chi connectivity index (χ1n) is 3.49. The van der Waals surface area contributed by atoms with Crippen molar-refractivity contribution in [2.24, 2.45) is 0 Å². The molecule has 12 heavy (non-hydrogen) atoms. The second-order valence-electron chi connectivity index (χ2n) is 2.27. The fourth-order valence-corrected chi connectivity index (χ4v) is 1.35. The third-order valence-electron chi connectivity index (χ3n) is 1.43. The maximum atomic E-state index is 11.2. The predicted molar refractivity (Wildman–Crippen MR) is 51.6 cm³/mol. The van der Waals surface area contributed by atoms with Crippen molar-refractivity contribution in [1.29, 1.82) is 0 Å². The molecule has 0 amide bonds. The zero-order valence-corrected chi connectivity index (χ0v) is 8.82. The summed E-state index contributed by atoms with van der Waals surface area (Å²) in [5.41, 5.74) is 0.480. The Kier molecular flexibility index (Phi) is 3.23. The summed E-state index contributed by atoms with van der Waals surface area (Å²) in [4.78, 5) is 15.1. The monoisotopic (exact) mass is 247 g/mol. The molecule has 0 radical (unpaired) electrons. The highest BCUT2D eigenvalue weighted by Gasteiger charge is 2.09. The third-order valence-corrected chi connectivity index (χ3v) is 2.16. The van der Waals surface area contributed by atoms with Crippen LogP contribution in [0.4, 0.5) is 0 Å². The van der Waals surface area contributed by atoms with Gasteiger partial charge in [0.25, 0.3) is 0 Å². The molecule has 0 aliphatic rings. The summed E-state index contributed by atoms with van der Waals surface area (Å²) < 4.78 is 0.767. The molecule has 0 aromatic carbocycles. The van der Waals surface area contributed by atoms with E-state index >= 15 is 0 Å². The van der Waals surface area contributed by atoms with Crippen molar-refractivity contribution in [2.75, 3.05) is 0 Å². The van der Waals surface area contributed by atoms with Crippen LogP contribution in [0, 0.1) is 0 Å². The first-order chi connectivity index (χ1) is 5.65. The summed E-state index contributed by atoms with van der Waals surface area (Å²) in [5, 5.41) is 0.269. The Bertz CT molecular complexity index is 314. The van der Waals surface area contributed by atoms with Gasteiger partial charge in [-0.2, -0.15) is 0 Å². The van der Waals surface area contributed by atoms with E-state index in [1.54, 1.807) is 19.2 Å². The lowest BCUT2D eigenvalue weighted by molar-refractivity contribution is 0.0988. The molecule has 1 heterocycles. The standard InChI is InChI=1S/C8H7BrClNO/c1-2-7(12)6-3-5(9)4-11-8(6)10/h3-4H,2H2,1H3. The van der Waals surface area contributed by atoms with Gasteiger partial charge in [0.05, 0.1) is 5.56 Å². The van der Waals surface area contributed by atoms with Crippen molar-refractivity contribution < 1.29 is 4.79 Å². The Labute approximate surface area is 84.1 Å². The van der Waals surface area contributed by atoms with Gasteiger partial charge in [-0.05, 0) is 22.0 Å². The quantitative estimate of drug-likeness (QED) is 0.595. The maximum absolute atomic E-state index is 11.2. The van der Waals surface area contributed by atoms with Crippen LogP contribution in [0.1, 0.15) is 23.7 Å². The molecule has 0 fully saturated rings. The van der Waals surface area contributed by atoms with Crippen LogP contribution in [0.15, 0.2) is 16.7 Å². The van der Waals surface area contributed by atoms with E-state index in [-0.39, 0.29) is 10.9 Å². The summed E-state index contributed by atoms with van der Waals surface area (Å²) in [6, 6.07) is 1.68. The fraction of sp³-hybridized carbons (Fsp3) is 0.250. The highest BCUT2D eigenvalue weighted by molar-refractivity contribution is 9.10. The first kappa shape index (κ1) is 9.68. The molecule has 2 nitrogen and oxygen atoms in total. The van der Waals surface area contributed by atoms with Crippen molar-refractivity contribution >= 4 is 33.3 Å². The minimum absolute atomic E-state index is 0.00815. The van der Waals surface area contributed by atoms with Crippen molar-refractivity contribution in [2.45, 2.75) is 13.3 Å². The van der Waals surface area contributed by atoms with Gasteiger partial charge in [0.1, 0.15) is 5.15 Å². The molecule has 0 saturated heterocycles. The van der Waals surface area contributed by atoms with Crippen LogP contribution in [-0.4, -0.2) is 10.8 Å². The molecule has 4 heteroatoms. The van der Waals surface area contributed by atoms with Gasteiger partial charge in [0.2, 0.25) is 0 Å². The molecule has 0 bridgehead atoms. The van der Waals surface area contributed by atoms with Gasteiger partial charge in [0, 0.05) is 17.1 Å². The van der Waals surface area contributed by atoms with Gasteiger partial charge in [0.15, 0.2) is 5.78 Å². The molecule has 1 aromatic heterocycles. The number of ketones is 1. The zero-order valence-electron chi connectivity index (χ0n) is 6.47. The van der Waals surface area contributed by atoms with Gasteiger partial charge in [-0.25, -0.2) is 4.98 Å². The molecule has 64 valence electrons. The average molecular weight is 249 g/mol. The first-order valence-corrected chi connectivity index (χ1v) is 4.66. The number of hydrogen-bond acceptors (Lipinski definition) is 2. The summed E-state index contributed by atoms with van der Waals surface area (Å²) in [6.07, 6.45) is 2.01. The van der Waals surface area contributed by atoms with Crippen LogP contribution in [-0.2, 0) is 0 Å². The van der Waals surface area contributed by atoms with Crippen LogP contribution < -0.4 is 0 Å². The minimum Gasteiger partial charge on any atom is -0.294 e. The number of pyridine rings is 1. The average Bonchev–Trinajstić information content (AvgIpc) is 2.08. The molecule has 0 aliphatic heterocycles. The molecule has 1 rings (SSSR count). The van der Waals surface area contributed by atoms with E-state index in [1.165, 1.54) is 0 Å². The molecule has 0 N–H and O–H groups in total. The number of nitrogens with zero attached hydrogens (tertiary/aromatic N) is 1. The highest BCUT2D eigenvalue weighted by Crippen LogP contribution is 2.19. The molecule has 0 spiro atoms. The smallest absolute Gasteiger partial charge is 0.165 e. The lowest BCUT2D eigenvalue weighted by Crippen LogP contribution is -1.98. The van der Waals surface area contributed by atoms with Gasteiger partial charge < -0.3 is 0 Å². The molecule has 0 aliphatic carbocycles. The van der Waals surface area contributed by atoms with Crippen LogP contribution >= 0.6 is 27.5 Å². The number of Topliss-reactive ketones (excluding diaryl/α,β-unsaturated/α-hetero) is 1. The predicted octanol–water partition coefficient (Wildman–Crippen LogP) is 3.09. The number of rotatable bonds is 2. The highest BCUT2D eigenvalue weighted by atomic mass is 79.9. The summed E-state index contributed by atoms with van der Waals surface area (Å²) >= 11 is 8.94. The molecule has 0 atom stereocenters. The normalized spacial score (nSPS) is 9.92. The molecular weight excluding hydrogens is 241 g/mol. The molecule has 1 aromatic rings. The second kappa shape index (κ2) is 4.01. The van der Waals surface area contributed by atoms with Crippen LogP contribution in [0.25, 0.3) is 0 Å². The number of carbonyl (C=O) groups excluding carboxylic acids is 1. The zero-order chi connectivity index (χ0) is 9.14. The van der Waals surface area contributed by atoms with E-state index in [0.29, 0.717) is 12.0 Å². The second-order valence-corrected chi connectivity index (χ2v) is 3.54. The van der Waals surface area contributed by atoms with Crippen LogP contribution in [0.5, 0.6) is 0 Å². The van der Waals surface area contributed by atoms with Gasteiger partial charge in [-0.15, -0.1) is 0 Å². The van der Waals surface area contributed by atoms with E-state index in [1.807, 2.05) is 0 Å². The topological polar surface area (TPSA) is 30.0 Å². The third kappa shape index (κ3) is 2.05. The van der Waals surface area contributed by atoms with E-state index < -0.39 is 0 Å². The lowest BCUT2D eigenvalue weighted by Gasteiger charge is -2.00. The fourth-order valence-electron chi connectivity index (χ4n) is 0.809. The van der Waals surface area contributed by atoms with Crippen LogP contribution in [0.2, 0.25) is 5.15 Å². The van der Waals surface area contributed by atoms with Gasteiger partial charge in [-0.3, -0.25) is 4.79 Å². The molecule has 0 unspecified atom stereocenters. The molecule has 0 saturated carbocycles. The maximum Gasteiger partial charge on any atom is 0.165 e. The van der Waals surface area contributed by atoms with E-state index in [4.69, 9.17) is 11.6 Å². The Morgan fingerprint density at radius 3 is 3.00 bits per heavy atom. The number of hydrogen-bond donors (Lipinski definition) is 0. The summed E-state index contributed by atoms with van der Waals surface area (Å²) in [5.74, 6) is 0.00815.